The molecule has 0 saturated heterocycles. The van der Waals surface area contributed by atoms with Gasteiger partial charge in [-0.05, 0) is 41.7 Å². The quantitative estimate of drug-likeness (QED) is 0.455. The van der Waals surface area contributed by atoms with Gasteiger partial charge in [0.2, 0.25) is 5.91 Å². The van der Waals surface area contributed by atoms with Crippen LogP contribution in [0.2, 0.25) is 0 Å². The molecule has 1 atom stereocenters. The van der Waals surface area contributed by atoms with Crippen molar-refractivity contribution in [2.24, 2.45) is 0 Å². The minimum Gasteiger partial charge on any atom is -0.489 e. The number of ether oxygens (including phenoxy) is 2. The van der Waals surface area contributed by atoms with Crippen molar-refractivity contribution in [3.63, 3.8) is 0 Å². The summed E-state index contributed by atoms with van der Waals surface area (Å²) in [5.74, 6) is 0.447. The third kappa shape index (κ3) is 7.91. The Hall–Kier alpha value is -3.60. The van der Waals surface area contributed by atoms with E-state index in [4.69, 9.17) is 9.47 Å². The Morgan fingerprint density at radius 2 is 1.44 bits per heavy atom. The maximum Gasteiger partial charge on any atom is 0.305 e. The molecule has 0 aliphatic rings. The van der Waals surface area contributed by atoms with Crippen LogP contribution in [0.5, 0.6) is 5.75 Å². The zero-order valence-electron chi connectivity index (χ0n) is 18.3. The molecule has 0 spiro atoms. The van der Waals surface area contributed by atoms with Crippen molar-refractivity contribution in [1.29, 1.82) is 0 Å². The van der Waals surface area contributed by atoms with Crippen molar-refractivity contribution < 1.29 is 19.1 Å². The average molecular weight is 432 g/mol. The third-order valence-corrected chi connectivity index (χ3v) is 5.15. The molecule has 3 rings (SSSR count). The Balaban J connectivity index is 1.57. The van der Waals surface area contributed by atoms with Gasteiger partial charge in [0, 0.05) is 12.5 Å². The van der Waals surface area contributed by atoms with Gasteiger partial charge in [0.25, 0.3) is 0 Å². The van der Waals surface area contributed by atoms with Crippen molar-refractivity contribution in [3.05, 3.63) is 102 Å². The van der Waals surface area contributed by atoms with E-state index in [0.717, 1.165) is 22.4 Å². The Morgan fingerprint density at radius 3 is 2.06 bits per heavy atom. The lowest BCUT2D eigenvalue weighted by molar-refractivity contribution is -0.141. The largest absolute Gasteiger partial charge is 0.489 e. The zero-order chi connectivity index (χ0) is 22.6. The molecule has 0 aliphatic heterocycles. The lowest BCUT2D eigenvalue weighted by Crippen LogP contribution is -2.37. The van der Waals surface area contributed by atoms with E-state index < -0.39 is 0 Å². The van der Waals surface area contributed by atoms with Crippen LogP contribution in [-0.2, 0) is 33.8 Å². The molecule has 0 radical (unpaired) electrons. The average Bonchev–Trinajstić information content (AvgIpc) is 2.83. The summed E-state index contributed by atoms with van der Waals surface area (Å²) >= 11 is 0. The van der Waals surface area contributed by atoms with Crippen LogP contribution in [0.4, 0.5) is 0 Å². The lowest BCUT2D eigenvalue weighted by atomic mass is 10.0. The number of nitrogens with one attached hydrogen (secondary N) is 1. The summed E-state index contributed by atoms with van der Waals surface area (Å²) in [4.78, 5) is 24.2. The molecule has 166 valence electrons. The van der Waals surface area contributed by atoms with Crippen molar-refractivity contribution in [1.82, 2.24) is 5.32 Å². The van der Waals surface area contributed by atoms with E-state index in [9.17, 15) is 9.59 Å². The standard InChI is InChI=1S/C27H29NO4/c1-31-27(30)17-14-24(28-26(29)19-21-8-4-2-5-9-21)18-22-12-15-25(16-13-22)32-20-23-10-6-3-7-11-23/h2-13,15-16,24H,14,17-20H2,1H3,(H,28,29)/t24-/m1/s1. The molecule has 0 bridgehead atoms. The van der Waals surface area contributed by atoms with Gasteiger partial charge in [-0.1, -0.05) is 72.8 Å². The minimum absolute atomic E-state index is 0.0612. The fourth-order valence-corrected chi connectivity index (χ4v) is 3.43. The summed E-state index contributed by atoms with van der Waals surface area (Å²) in [5, 5.41) is 3.08. The van der Waals surface area contributed by atoms with Gasteiger partial charge in [0.15, 0.2) is 0 Å². The van der Waals surface area contributed by atoms with Gasteiger partial charge in [-0.3, -0.25) is 9.59 Å². The second-order valence-corrected chi connectivity index (χ2v) is 7.66. The highest BCUT2D eigenvalue weighted by Crippen LogP contribution is 2.17. The minimum atomic E-state index is -0.281. The number of carbonyl (C=O) groups excluding carboxylic acids is 2. The Bertz CT molecular complexity index is 972. The molecule has 0 heterocycles. The number of methoxy groups -OCH3 is 1. The molecule has 0 aromatic heterocycles. The van der Waals surface area contributed by atoms with Gasteiger partial charge in [-0.2, -0.15) is 0 Å². The molecule has 5 nitrogen and oxygen atoms in total. The Morgan fingerprint density at radius 1 is 0.812 bits per heavy atom. The summed E-state index contributed by atoms with van der Waals surface area (Å²) in [6.45, 7) is 0.511. The van der Waals surface area contributed by atoms with Crippen molar-refractivity contribution >= 4 is 11.9 Å². The first-order valence-electron chi connectivity index (χ1n) is 10.8. The maximum atomic E-state index is 12.6. The highest BCUT2D eigenvalue weighted by atomic mass is 16.5. The van der Waals surface area contributed by atoms with Crippen LogP contribution in [0.3, 0.4) is 0 Å². The van der Waals surface area contributed by atoms with Crippen LogP contribution in [0, 0.1) is 0 Å². The van der Waals surface area contributed by atoms with E-state index in [1.807, 2.05) is 84.9 Å². The Labute approximate surface area is 189 Å². The SMILES string of the molecule is COC(=O)CC[C@H](Cc1ccc(OCc2ccccc2)cc1)NC(=O)Cc1ccccc1. The zero-order valence-corrected chi connectivity index (χ0v) is 18.3. The van der Waals surface area contributed by atoms with Crippen molar-refractivity contribution in [3.8, 4) is 5.75 Å². The third-order valence-electron chi connectivity index (χ3n) is 5.15. The van der Waals surface area contributed by atoms with E-state index in [0.29, 0.717) is 25.9 Å². The smallest absolute Gasteiger partial charge is 0.305 e. The predicted octanol–water partition coefficient (Wildman–Crippen LogP) is 4.49. The summed E-state index contributed by atoms with van der Waals surface area (Å²) in [6.07, 6.45) is 1.70. The number of benzene rings is 3. The van der Waals surface area contributed by atoms with Crippen molar-refractivity contribution in [2.45, 2.75) is 38.3 Å². The summed E-state index contributed by atoms with van der Waals surface area (Å²) in [7, 11) is 1.37. The normalized spacial score (nSPS) is 11.4. The Kier molecular flexibility index (Phi) is 8.87. The van der Waals surface area contributed by atoms with Crippen LogP contribution in [0.1, 0.15) is 29.5 Å². The van der Waals surface area contributed by atoms with E-state index in [-0.39, 0.29) is 24.3 Å². The topological polar surface area (TPSA) is 64.6 Å². The van der Waals surface area contributed by atoms with E-state index in [1.165, 1.54) is 7.11 Å². The second-order valence-electron chi connectivity index (χ2n) is 7.66. The summed E-state index contributed by atoms with van der Waals surface area (Å²) in [5.41, 5.74) is 3.13. The summed E-state index contributed by atoms with van der Waals surface area (Å²) in [6, 6.07) is 27.3. The fraction of sp³-hybridized carbons (Fsp3) is 0.259. The molecule has 0 aliphatic carbocycles. The number of esters is 1. The van der Waals surface area contributed by atoms with Gasteiger partial charge < -0.3 is 14.8 Å². The van der Waals surface area contributed by atoms with Crippen LogP contribution < -0.4 is 10.1 Å². The molecule has 5 heteroatoms. The molecule has 1 N–H and O–H groups in total. The van der Waals surface area contributed by atoms with Gasteiger partial charge in [0.1, 0.15) is 12.4 Å². The van der Waals surface area contributed by atoms with Gasteiger partial charge in [0.05, 0.1) is 13.5 Å². The highest BCUT2D eigenvalue weighted by molar-refractivity contribution is 5.79. The first-order valence-corrected chi connectivity index (χ1v) is 10.8. The number of rotatable bonds is 11. The number of hydrogen-bond donors (Lipinski definition) is 1. The van der Waals surface area contributed by atoms with E-state index in [1.54, 1.807) is 0 Å². The summed E-state index contributed by atoms with van der Waals surface area (Å²) < 4.78 is 10.6. The molecule has 0 unspecified atom stereocenters. The number of hydrogen-bond acceptors (Lipinski definition) is 4. The first kappa shape index (κ1) is 23.1. The van der Waals surface area contributed by atoms with Crippen LogP contribution in [-0.4, -0.2) is 25.0 Å². The molecule has 0 saturated carbocycles. The monoisotopic (exact) mass is 431 g/mol. The molecule has 0 fully saturated rings. The fourth-order valence-electron chi connectivity index (χ4n) is 3.43. The van der Waals surface area contributed by atoms with Crippen LogP contribution in [0.15, 0.2) is 84.9 Å². The van der Waals surface area contributed by atoms with Gasteiger partial charge in [-0.25, -0.2) is 0 Å². The number of carbonyl (C=O) groups is 2. The van der Waals surface area contributed by atoms with E-state index >= 15 is 0 Å². The van der Waals surface area contributed by atoms with Gasteiger partial charge >= 0.3 is 5.97 Å². The lowest BCUT2D eigenvalue weighted by Gasteiger charge is -2.19. The van der Waals surface area contributed by atoms with Gasteiger partial charge in [-0.15, -0.1) is 0 Å². The molecule has 1 amide bonds. The molecule has 3 aromatic rings. The molecule has 32 heavy (non-hydrogen) atoms. The molecule has 3 aromatic carbocycles. The van der Waals surface area contributed by atoms with Crippen molar-refractivity contribution in [2.75, 3.05) is 7.11 Å². The first-order chi connectivity index (χ1) is 15.6. The maximum absolute atomic E-state index is 12.6. The highest BCUT2D eigenvalue weighted by Gasteiger charge is 2.16. The predicted molar refractivity (Wildman–Crippen MR) is 124 cm³/mol. The van der Waals surface area contributed by atoms with Crippen LogP contribution >= 0.6 is 0 Å². The molecular formula is C27H29NO4. The molecular weight excluding hydrogens is 402 g/mol. The van der Waals surface area contributed by atoms with Crippen LogP contribution in [0.25, 0.3) is 0 Å². The van der Waals surface area contributed by atoms with E-state index in [2.05, 4.69) is 5.32 Å². The number of amides is 1. The second kappa shape index (κ2) is 12.3.